The molecular weight excluding hydrogens is 618 g/mol. The molecule has 1 saturated heterocycles. The van der Waals surface area contributed by atoms with Gasteiger partial charge in [0.25, 0.3) is 0 Å². The summed E-state index contributed by atoms with van der Waals surface area (Å²) >= 11 is 0. The molecule has 1 aliphatic heterocycles. The quantitative estimate of drug-likeness (QED) is 0.156. The van der Waals surface area contributed by atoms with E-state index in [1.165, 1.54) is 11.0 Å². The number of ether oxygens (including phenoxy) is 3. The zero-order chi connectivity index (χ0) is 34.8. The van der Waals surface area contributed by atoms with Crippen molar-refractivity contribution in [3.63, 3.8) is 0 Å². The van der Waals surface area contributed by atoms with Gasteiger partial charge < -0.3 is 29.2 Å². The van der Waals surface area contributed by atoms with E-state index >= 15 is 4.39 Å². The van der Waals surface area contributed by atoms with Gasteiger partial charge in [-0.15, -0.1) is 5.10 Å². The molecule has 4 rings (SSSR count). The number of carbonyl (C=O) groups excluding carboxylic acids is 2. The molecule has 0 bridgehead atoms. The van der Waals surface area contributed by atoms with Crippen LogP contribution in [0.25, 0.3) is 16.5 Å². The van der Waals surface area contributed by atoms with Gasteiger partial charge in [-0.25, -0.2) is 14.5 Å². The normalized spacial score (nSPS) is 15.8. The number of rotatable bonds is 14. The topological polar surface area (TPSA) is 136 Å². The standard InChI is InChI=1S/C35H46BFN4O7/c1-6-26(42)12-8-10-18-40(34(43)48-35(3,4)5)19-21-46-30-17-15-25(23-38-30)32(28(7-2)36(44)45)24-14-16-29-27(22-24)33(37)39-41(29)31-13-9-11-20-47-31/h8,12,14-17,22-23,31,44-45H,6-7,9-11,13,18-21H2,1-5H3/b12-8+,32-28-. The number of nitrogens with zero attached hydrogens (tertiary/aromatic N) is 4. The lowest BCUT2D eigenvalue weighted by Gasteiger charge is -2.27. The summed E-state index contributed by atoms with van der Waals surface area (Å²) in [6.45, 7) is 10.3. The van der Waals surface area contributed by atoms with Crippen molar-refractivity contribution < 1.29 is 38.2 Å². The number of allylic oxidation sites excluding steroid dienone is 2. The first kappa shape index (κ1) is 36.8. The molecule has 258 valence electrons. The second-order valence-corrected chi connectivity index (χ2v) is 12.6. The molecule has 1 aliphatic rings. The van der Waals surface area contributed by atoms with Gasteiger partial charge in [0.1, 0.15) is 12.2 Å². The van der Waals surface area contributed by atoms with E-state index in [0.29, 0.717) is 71.4 Å². The average Bonchev–Trinajstić information content (AvgIpc) is 3.39. The van der Waals surface area contributed by atoms with E-state index < -0.39 is 24.8 Å². The van der Waals surface area contributed by atoms with Gasteiger partial charge in [0, 0.05) is 37.4 Å². The molecule has 1 amide bonds. The Labute approximate surface area is 281 Å². The van der Waals surface area contributed by atoms with E-state index in [1.54, 1.807) is 75.0 Å². The number of halogens is 1. The highest BCUT2D eigenvalue weighted by Gasteiger charge is 2.25. The molecule has 1 atom stereocenters. The molecule has 2 aromatic heterocycles. The van der Waals surface area contributed by atoms with Gasteiger partial charge >= 0.3 is 13.2 Å². The Morgan fingerprint density at radius 2 is 1.90 bits per heavy atom. The highest BCUT2D eigenvalue weighted by atomic mass is 19.1. The number of ketones is 1. The molecule has 0 aliphatic carbocycles. The van der Waals surface area contributed by atoms with Crippen LogP contribution in [0.5, 0.6) is 5.88 Å². The molecule has 1 fully saturated rings. The molecular formula is C35H46BFN4O7. The summed E-state index contributed by atoms with van der Waals surface area (Å²) in [5, 5.41) is 25.0. The van der Waals surface area contributed by atoms with Crippen LogP contribution in [-0.4, -0.2) is 80.6 Å². The summed E-state index contributed by atoms with van der Waals surface area (Å²) in [5.41, 5.74) is 1.94. The maximum absolute atomic E-state index is 15.2. The lowest BCUT2D eigenvalue weighted by Crippen LogP contribution is -2.39. The van der Waals surface area contributed by atoms with Crippen molar-refractivity contribution >= 4 is 35.5 Å². The fraction of sp³-hybridized carbons (Fsp3) is 0.486. The predicted octanol–water partition coefficient (Wildman–Crippen LogP) is 6.03. The van der Waals surface area contributed by atoms with Crippen LogP contribution in [0, 0.1) is 5.95 Å². The van der Waals surface area contributed by atoms with Crippen LogP contribution in [0.2, 0.25) is 0 Å². The summed E-state index contributed by atoms with van der Waals surface area (Å²) in [6.07, 6.45) is 7.90. The second-order valence-electron chi connectivity index (χ2n) is 12.6. The highest BCUT2D eigenvalue weighted by Crippen LogP contribution is 2.34. The van der Waals surface area contributed by atoms with Crippen molar-refractivity contribution in [2.75, 3.05) is 26.3 Å². The van der Waals surface area contributed by atoms with Gasteiger partial charge in [-0.2, -0.15) is 4.39 Å². The summed E-state index contributed by atoms with van der Waals surface area (Å²) < 4.78 is 34.0. The van der Waals surface area contributed by atoms with Crippen LogP contribution >= 0.6 is 0 Å². The Balaban J connectivity index is 1.52. The minimum absolute atomic E-state index is 0.0165. The van der Waals surface area contributed by atoms with Crippen molar-refractivity contribution in [3.8, 4) is 5.88 Å². The molecule has 48 heavy (non-hydrogen) atoms. The lowest BCUT2D eigenvalue weighted by atomic mass is 9.72. The Kier molecular flexibility index (Phi) is 12.9. The second kappa shape index (κ2) is 16.9. The zero-order valence-electron chi connectivity index (χ0n) is 28.4. The van der Waals surface area contributed by atoms with Gasteiger partial charge in [-0.3, -0.25) is 4.79 Å². The minimum atomic E-state index is -1.74. The molecule has 3 aromatic rings. The van der Waals surface area contributed by atoms with Crippen molar-refractivity contribution in [2.24, 2.45) is 0 Å². The number of amides is 1. The van der Waals surface area contributed by atoms with E-state index in [2.05, 4.69) is 10.1 Å². The van der Waals surface area contributed by atoms with Crippen molar-refractivity contribution in [1.82, 2.24) is 19.7 Å². The van der Waals surface area contributed by atoms with Gasteiger partial charge in [-0.1, -0.05) is 26.0 Å². The van der Waals surface area contributed by atoms with Crippen LogP contribution in [0.3, 0.4) is 0 Å². The number of fused-ring (bicyclic) bond motifs is 1. The summed E-state index contributed by atoms with van der Waals surface area (Å²) in [4.78, 5) is 30.4. The van der Waals surface area contributed by atoms with Crippen molar-refractivity contribution in [3.05, 3.63) is 71.2 Å². The fourth-order valence-electron chi connectivity index (χ4n) is 5.48. The Morgan fingerprint density at radius 1 is 1.12 bits per heavy atom. The van der Waals surface area contributed by atoms with E-state index in [-0.39, 0.29) is 25.2 Å². The average molecular weight is 665 g/mol. The van der Waals surface area contributed by atoms with Crippen LogP contribution < -0.4 is 4.74 Å². The van der Waals surface area contributed by atoms with Crippen LogP contribution in [-0.2, 0) is 14.3 Å². The van der Waals surface area contributed by atoms with Crippen molar-refractivity contribution in [1.29, 1.82) is 0 Å². The van der Waals surface area contributed by atoms with Crippen molar-refractivity contribution in [2.45, 2.75) is 85.0 Å². The molecule has 1 aromatic carbocycles. The molecule has 0 spiro atoms. The van der Waals surface area contributed by atoms with Crippen LogP contribution in [0.1, 0.15) is 90.5 Å². The smallest absolute Gasteiger partial charge is 0.476 e. The Morgan fingerprint density at radius 3 is 2.52 bits per heavy atom. The van der Waals surface area contributed by atoms with Gasteiger partial charge in [0.15, 0.2) is 12.0 Å². The molecule has 11 nitrogen and oxygen atoms in total. The number of hydrogen-bond donors (Lipinski definition) is 2. The lowest BCUT2D eigenvalue weighted by molar-refractivity contribution is -0.114. The Hall–Kier alpha value is -4.07. The molecule has 0 saturated carbocycles. The van der Waals surface area contributed by atoms with E-state index in [4.69, 9.17) is 14.2 Å². The largest absolute Gasteiger partial charge is 0.484 e. The number of benzene rings is 1. The summed E-state index contributed by atoms with van der Waals surface area (Å²) in [6, 6.07) is 8.64. The fourth-order valence-corrected chi connectivity index (χ4v) is 5.48. The first-order chi connectivity index (χ1) is 22.9. The Bertz CT molecular complexity index is 1610. The van der Waals surface area contributed by atoms with E-state index in [9.17, 15) is 19.6 Å². The summed E-state index contributed by atoms with van der Waals surface area (Å²) in [5.74, 6) is -0.313. The van der Waals surface area contributed by atoms with Crippen LogP contribution in [0.4, 0.5) is 9.18 Å². The van der Waals surface area contributed by atoms with E-state index in [1.807, 2.05) is 6.92 Å². The molecule has 3 heterocycles. The third-order valence-electron chi connectivity index (χ3n) is 7.90. The summed E-state index contributed by atoms with van der Waals surface area (Å²) in [7, 11) is -1.74. The maximum atomic E-state index is 15.2. The third kappa shape index (κ3) is 9.74. The molecule has 2 N–H and O–H groups in total. The van der Waals surface area contributed by atoms with Gasteiger partial charge in [-0.05, 0) is 93.8 Å². The maximum Gasteiger partial charge on any atom is 0.484 e. The monoisotopic (exact) mass is 664 g/mol. The number of aromatic nitrogens is 3. The minimum Gasteiger partial charge on any atom is -0.476 e. The first-order valence-corrected chi connectivity index (χ1v) is 16.6. The molecule has 1 unspecified atom stereocenters. The zero-order valence-corrected chi connectivity index (χ0v) is 28.4. The first-order valence-electron chi connectivity index (χ1n) is 16.6. The number of pyridine rings is 1. The molecule has 13 heteroatoms. The number of carbonyl (C=O) groups is 2. The van der Waals surface area contributed by atoms with Crippen LogP contribution in [0.15, 0.2) is 54.2 Å². The van der Waals surface area contributed by atoms with E-state index in [0.717, 1.165) is 19.3 Å². The number of hydrogen-bond acceptors (Lipinski definition) is 9. The van der Waals surface area contributed by atoms with Gasteiger partial charge in [0.05, 0.1) is 17.4 Å². The predicted molar refractivity (Wildman–Crippen MR) is 182 cm³/mol. The SMILES string of the molecule is CCC(=O)/C=C/CCN(CCOc1ccc(/C(=C(/CC)B(O)O)c2ccc3c(c2)c(F)nn3C2CCCCO2)cn1)C(=O)OC(C)(C)C. The molecule has 0 radical (unpaired) electrons. The highest BCUT2D eigenvalue weighted by molar-refractivity contribution is 6.52. The third-order valence-corrected chi connectivity index (χ3v) is 7.90. The van der Waals surface area contributed by atoms with Gasteiger partial charge in [0.2, 0.25) is 11.8 Å².